The van der Waals surface area contributed by atoms with E-state index in [2.05, 4.69) is 31.1 Å². The third-order valence-corrected chi connectivity index (χ3v) is 3.79. The molecular weight excluding hydrogens is 290 g/mol. The second kappa shape index (κ2) is 8.97. The lowest BCUT2D eigenvalue weighted by Crippen LogP contribution is -2.27. The van der Waals surface area contributed by atoms with Crippen LogP contribution in [0.4, 0.5) is 5.69 Å². The van der Waals surface area contributed by atoms with Crippen molar-refractivity contribution < 1.29 is 4.92 Å². The highest BCUT2D eigenvalue weighted by molar-refractivity contribution is 6.30. The second-order valence-electron chi connectivity index (χ2n) is 5.49. The number of nitro groups is 1. The molecule has 0 saturated heterocycles. The van der Waals surface area contributed by atoms with Gasteiger partial charge in [0.1, 0.15) is 0 Å². The van der Waals surface area contributed by atoms with Crippen molar-refractivity contribution in [2.45, 2.75) is 39.3 Å². The molecule has 0 amide bonds. The highest BCUT2D eigenvalue weighted by atomic mass is 35.5. The van der Waals surface area contributed by atoms with Crippen LogP contribution in [-0.2, 0) is 6.54 Å². The average Bonchev–Trinajstić information content (AvgIpc) is 2.43. The predicted octanol–water partition coefficient (Wildman–Crippen LogP) is 3.46. The monoisotopic (exact) mass is 313 g/mol. The van der Waals surface area contributed by atoms with E-state index in [1.54, 1.807) is 12.1 Å². The Labute approximate surface area is 131 Å². The van der Waals surface area contributed by atoms with Gasteiger partial charge >= 0.3 is 0 Å². The first kappa shape index (κ1) is 17.9. The van der Waals surface area contributed by atoms with Crippen molar-refractivity contribution in [1.29, 1.82) is 0 Å². The Morgan fingerprint density at radius 3 is 2.71 bits per heavy atom. The third-order valence-electron chi connectivity index (χ3n) is 3.56. The van der Waals surface area contributed by atoms with E-state index in [9.17, 15) is 10.1 Å². The van der Waals surface area contributed by atoms with Crippen LogP contribution in [0.25, 0.3) is 0 Å². The molecule has 1 aromatic rings. The van der Waals surface area contributed by atoms with Gasteiger partial charge in [-0.25, -0.2) is 0 Å². The fourth-order valence-electron chi connectivity index (χ4n) is 1.95. The number of unbranched alkanes of at least 4 members (excludes halogenated alkanes) is 1. The minimum absolute atomic E-state index is 0.0783. The van der Waals surface area contributed by atoms with Gasteiger partial charge < -0.3 is 10.2 Å². The SMILES string of the molecule is CC(C)N(C)CCCCNCc1ccc(Cl)cc1[N+](=O)[O-]. The normalized spacial score (nSPS) is 11.3. The van der Waals surface area contributed by atoms with Gasteiger partial charge in [0.25, 0.3) is 5.69 Å². The summed E-state index contributed by atoms with van der Waals surface area (Å²) in [6, 6.07) is 5.36. The first-order chi connectivity index (χ1) is 9.91. The molecule has 0 fully saturated rings. The minimum atomic E-state index is -0.388. The van der Waals surface area contributed by atoms with E-state index >= 15 is 0 Å². The molecule has 6 heteroatoms. The zero-order chi connectivity index (χ0) is 15.8. The Bertz CT molecular complexity index is 466. The van der Waals surface area contributed by atoms with Crippen LogP contribution in [-0.4, -0.2) is 36.0 Å². The lowest BCUT2D eigenvalue weighted by Gasteiger charge is -2.20. The molecule has 0 atom stereocenters. The summed E-state index contributed by atoms with van der Waals surface area (Å²) in [7, 11) is 2.12. The number of rotatable bonds is 9. The molecule has 1 N–H and O–H groups in total. The number of benzene rings is 1. The van der Waals surface area contributed by atoms with Crippen molar-refractivity contribution in [2.24, 2.45) is 0 Å². The van der Waals surface area contributed by atoms with Gasteiger partial charge in [0.2, 0.25) is 0 Å². The Balaban J connectivity index is 2.32. The molecule has 0 saturated carbocycles. The number of nitrogens with one attached hydrogen (secondary N) is 1. The number of nitrogens with zero attached hydrogens (tertiary/aromatic N) is 2. The summed E-state index contributed by atoms with van der Waals surface area (Å²) in [5, 5.41) is 14.6. The smallest absolute Gasteiger partial charge is 0.275 e. The Morgan fingerprint density at radius 1 is 1.38 bits per heavy atom. The van der Waals surface area contributed by atoms with E-state index in [1.165, 1.54) is 6.07 Å². The van der Waals surface area contributed by atoms with E-state index < -0.39 is 0 Å². The van der Waals surface area contributed by atoms with E-state index in [0.29, 0.717) is 23.2 Å². The van der Waals surface area contributed by atoms with Crippen LogP contribution in [0.1, 0.15) is 32.3 Å². The molecule has 0 unspecified atom stereocenters. The minimum Gasteiger partial charge on any atom is -0.312 e. The van der Waals surface area contributed by atoms with Gasteiger partial charge in [-0.1, -0.05) is 11.6 Å². The third kappa shape index (κ3) is 6.42. The Kier molecular flexibility index (Phi) is 7.64. The van der Waals surface area contributed by atoms with Gasteiger partial charge in [-0.3, -0.25) is 10.1 Å². The molecule has 0 bridgehead atoms. The first-order valence-corrected chi connectivity index (χ1v) is 7.63. The lowest BCUT2D eigenvalue weighted by molar-refractivity contribution is -0.385. The molecule has 0 aliphatic rings. The van der Waals surface area contributed by atoms with Crippen molar-refractivity contribution in [3.63, 3.8) is 0 Å². The zero-order valence-corrected chi connectivity index (χ0v) is 13.7. The average molecular weight is 314 g/mol. The van der Waals surface area contributed by atoms with Crippen LogP contribution in [0.2, 0.25) is 5.02 Å². The van der Waals surface area contributed by atoms with Crippen LogP contribution in [0.15, 0.2) is 18.2 Å². The van der Waals surface area contributed by atoms with Gasteiger partial charge in [-0.05, 0) is 59.0 Å². The van der Waals surface area contributed by atoms with E-state index in [1.807, 2.05) is 0 Å². The summed E-state index contributed by atoms with van der Waals surface area (Å²) < 4.78 is 0. The summed E-state index contributed by atoms with van der Waals surface area (Å²) in [6.45, 7) is 6.77. The fraction of sp³-hybridized carbons (Fsp3) is 0.600. The van der Waals surface area contributed by atoms with Gasteiger partial charge in [-0.15, -0.1) is 0 Å². The van der Waals surface area contributed by atoms with E-state index in [0.717, 1.165) is 25.9 Å². The van der Waals surface area contributed by atoms with Crippen LogP contribution < -0.4 is 5.32 Å². The van der Waals surface area contributed by atoms with Gasteiger partial charge in [-0.2, -0.15) is 0 Å². The molecular formula is C15H24ClN3O2. The maximum atomic E-state index is 11.0. The van der Waals surface area contributed by atoms with E-state index in [4.69, 9.17) is 11.6 Å². The Hall–Kier alpha value is -1.17. The van der Waals surface area contributed by atoms with Crippen LogP contribution >= 0.6 is 11.6 Å². The largest absolute Gasteiger partial charge is 0.312 e. The molecule has 1 aromatic carbocycles. The lowest BCUT2D eigenvalue weighted by atomic mass is 10.1. The molecule has 5 nitrogen and oxygen atoms in total. The number of hydrogen-bond donors (Lipinski definition) is 1. The molecule has 118 valence electrons. The van der Waals surface area contributed by atoms with Crippen LogP contribution in [0.5, 0.6) is 0 Å². The van der Waals surface area contributed by atoms with Crippen molar-refractivity contribution in [1.82, 2.24) is 10.2 Å². The first-order valence-electron chi connectivity index (χ1n) is 7.25. The molecule has 0 aliphatic heterocycles. The molecule has 0 aliphatic carbocycles. The standard InChI is InChI=1S/C15H24ClN3O2/c1-12(2)18(3)9-5-4-8-17-11-13-6-7-14(16)10-15(13)19(20)21/h6-7,10,12,17H,4-5,8-9,11H2,1-3H3. The van der Waals surface area contributed by atoms with Gasteiger partial charge in [0.15, 0.2) is 0 Å². The summed E-state index contributed by atoms with van der Waals surface area (Å²) in [5.41, 5.74) is 0.748. The number of hydrogen-bond acceptors (Lipinski definition) is 4. The van der Waals surface area contributed by atoms with Crippen molar-refractivity contribution >= 4 is 17.3 Å². The highest BCUT2D eigenvalue weighted by Gasteiger charge is 2.13. The summed E-state index contributed by atoms with van der Waals surface area (Å²) in [6.07, 6.45) is 2.17. The quantitative estimate of drug-likeness (QED) is 0.431. The number of halogens is 1. The highest BCUT2D eigenvalue weighted by Crippen LogP contribution is 2.22. The molecule has 1 rings (SSSR count). The maximum absolute atomic E-state index is 11.0. The van der Waals surface area contributed by atoms with E-state index in [-0.39, 0.29) is 10.6 Å². The zero-order valence-electron chi connectivity index (χ0n) is 12.9. The molecule has 0 aromatic heterocycles. The molecule has 21 heavy (non-hydrogen) atoms. The predicted molar refractivity (Wildman–Crippen MR) is 86.8 cm³/mol. The molecule has 0 heterocycles. The van der Waals surface area contributed by atoms with Crippen molar-refractivity contribution in [3.05, 3.63) is 38.9 Å². The second-order valence-corrected chi connectivity index (χ2v) is 5.92. The summed E-state index contributed by atoms with van der Waals surface area (Å²) in [5.74, 6) is 0. The summed E-state index contributed by atoms with van der Waals surface area (Å²) in [4.78, 5) is 12.9. The fourth-order valence-corrected chi connectivity index (χ4v) is 2.12. The Morgan fingerprint density at radius 2 is 2.10 bits per heavy atom. The van der Waals surface area contributed by atoms with Gasteiger partial charge in [0.05, 0.1) is 4.92 Å². The maximum Gasteiger partial charge on any atom is 0.275 e. The van der Waals surface area contributed by atoms with Crippen LogP contribution in [0.3, 0.4) is 0 Å². The molecule has 0 spiro atoms. The van der Waals surface area contributed by atoms with Crippen LogP contribution in [0, 0.1) is 10.1 Å². The topological polar surface area (TPSA) is 58.4 Å². The van der Waals surface area contributed by atoms with Crippen molar-refractivity contribution in [3.8, 4) is 0 Å². The molecule has 0 radical (unpaired) electrons. The number of nitro benzene ring substituents is 1. The summed E-state index contributed by atoms with van der Waals surface area (Å²) >= 11 is 5.79. The van der Waals surface area contributed by atoms with Crippen molar-refractivity contribution in [2.75, 3.05) is 20.1 Å². The van der Waals surface area contributed by atoms with Gasteiger partial charge in [0, 0.05) is 29.2 Å².